The van der Waals surface area contributed by atoms with Crippen LogP contribution in [-0.2, 0) is 11.2 Å². The van der Waals surface area contributed by atoms with E-state index in [1.807, 2.05) is 24.5 Å². The third-order valence-corrected chi connectivity index (χ3v) is 9.57. The summed E-state index contributed by atoms with van der Waals surface area (Å²) < 4.78 is 18.8. The number of rotatable bonds is 12. The zero-order valence-electron chi connectivity index (χ0n) is 26.4. The Hall–Kier alpha value is -3.01. The highest BCUT2D eigenvalue weighted by Gasteiger charge is 2.39. The van der Waals surface area contributed by atoms with Crippen LogP contribution in [0.5, 0.6) is 11.5 Å². The molecule has 9 nitrogen and oxygen atoms in total. The average molecular weight is 589 g/mol. The Morgan fingerprint density at radius 3 is 2.35 bits per heavy atom. The second-order valence-corrected chi connectivity index (χ2v) is 13.4. The molecular weight excluding hydrogens is 540 g/mol. The maximum absolute atomic E-state index is 7.11. The average Bonchev–Trinajstić information content (AvgIpc) is 3.85. The Balaban J connectivity index is 1.34. The van der Waals surface area contributed by atoms with Gasteiger partial charge in [0.2, 0.25) is 0 Å². The van der Waals surface area contributed by atoms with Gasteiger partial charge in [0.25, 0.3) is 0 Å². The molecule has 2 aliphatic heterocycles. The van der Waals surface area contributed by atoms with Crippen LogP contribution in [-0.4, -0.2) is 90.8 Å². The number of pyridine rings is 1. The van der Waals surface area contributed by atoms with Crippen LogP contribution in [0.2, 0.25) is 0 Å². The SMILES string of the molecule is COc1cc2c(Cc3ccncc3)nnc(N3CCNCC3)c2cc1OC(C)(CCC(C)(C)N1CCOCC1)CC1CC1. The fourth-order valence-corrected chi connectivity index (χ4v) is 6.66. The van der Waals surface area contributed by atoms with Crippen molar-refractivity contribution in [3.05, 3.63) is 47.9 Å². The molecule has 1 aromatic carbocycles. The molecule has 2 aromatic heterocycles. The Kier molecular flexibility index (Phi) is 9.03. The number of morpholine rings is 1. The van der Waals surface area contributed by atoms with Crippen LogP contribution in [0.1, 0.15) is 64.1 Å². The van der Waals surface area contributed by atoms with Crippen molar-refractivity contribution in [3.8, 4) is 11.5 Å². The summed E-state index contributed by atoms with van der Waals surface area (Å²) in [4.78, 5) is 9.10. The molecule has 0 spiro atoms. The summed E-state index contributed by atoms with van der Waals surface area (Å²) in [5.41, 5.74) is 1.86. The fourth-order valence-electron chi connectivity index (χ4n) is 6.66. The van der Waals surface area contributed by atoms with Gasteiger partial charge in [-0.15, -0.1) is 5.10 Å². The largest absolute Gasteiger partial charge is 0.493 e. The standard InChI is InChI=1S/C34H48N6O3/c1-33(2,40-17-19-42-20-18-40)9-10-34(3,24-26-5-6-26)43-31-23-28-27(22-30(31)41-4)29(21-25-7-11-35-12-8-25)37-38-32(28)39-15-13-36-14-16-39/h7-8,11-12,22-23,26,36H,5-6,9-10,13-21,24H2,1-4H3. The molecule has 3 fully saturated rings. The van der Waals surface area contributed by atoms with Crippen LogP contribution in [0.25, 0.3) is 10.8 Å². The van der Waals surface area contributed by atoms with Crippen molar-refractivity contribution < 1.29 is 14.2 Å². The van der Waals surface area contributed by atoms with Gasteiger partial charge in [-0.1, -0.05) is 12.8 Å². The second kappa shape index (κ2) is 12.9. The molecule has 1 N–H and O–H groups in total. The number of aromatic nitrogens is 3. The molecule has 1 aliphatic carbocycles. The first-order valence-corrected chi connectivity index (χ1v) is 16.1. The number of hydrogen-bond acceptors (Lipinski definition) is 9. The van der Waals surface area contributed by atoms with Crippen LogP contribution in [0.15, 0.2) is 36.7 Å². The van der Waals surface area contributed by atoms with E-state index >= 15 is 0 Å². The molecule has 3 aromatic rings. The summed E-state index contributed by atoms with van der Waals surface area (Å²) in [6.07, 6.45) is 10.00. The van der Waals surface area contributed by atoms with Gasteiger partial charge in [-0.25, -0.2) is 0 Å². The van der Waals surface area contributed by atoms with Crippen molar-refractivity contribution in [1.82, 2.24) is 25.4 Å². The maximum atomic E-state index is 7.11. The van der Waals surface area contributed by atoms with Gasteiger partial charge in [-0.05, 0) is 75.8 Å². The van der Waals surface area contributed by atoms with E-state index < -0.39 is 0 Å². The minimum Gasteiger partial charge on any atom is -0.493 e. The van der Waals surface area contributed by atoms with Crippen molar-refractivity contribution in [2.24, 2.45) is 5.92 Å². The van der Waals surface area contributed by atoms with Gasteiger partial charge in [-0.3, -0.25) is 9.88 Å². The summed E-state index contributed by atoms with van der Waals surface area (Å²) in [6.45, 7) is 14.3. The van der Waals surface area contributed by atoms with Gasteiger partial charge in [0.05, 0.1) is 26.0 Å². The lowest BCUT2D eigenvalue weighted by molar-refractivity contribution is -0.0241. The van der Waals surface area contributed by atoms with E-state index in [9.17, 15) is 0 Å². The quantitative estimate of drug-likeness (QED) is 0.319. The third-order valence-electron chi connectivity index (χ3n) is 9.57. The van der Waals surface area contributed by atoms with Gasteiger partial charge in [-0.2, -0.15) is 5.10 Å². The number of anilines is 1. The van der Waals surface area contributed by atoms with Gasteiger partial charge in [0.15, 0.2) is 17.3 Å². The predicted molar refractivity (Wildman–Crippen MR) is 170 cm³/mol. The Morgan fingerprint density at radius 1 is 0.930 bits per heavy atom. The highest BCUT2D eigenvalue weighted by Crippen LogP contribution is 2.45. The Labute approximate surface area is 256 Å². The summed E-state index contributed by atoms with van der Waals surface area (Å²) in [5, 5.41) is 15.2. The fraction of sp³-hybridized carbons (Fsp3) is 0.618. The Bertz CT molecular complexity index is 1370. The van der Waals surface area contributed by atoms with Crippen molar-refractivity contribution in [3.63, 3.8) is 0 Å². The summed E-state index contributed by atoms with van der Waals surface area (Å²) in [7, 11) is 1.74. The molecule has 1 unspecified atom stereocenters. The number of methoxy groups -OCH3 is 1. The molecule has 1 atom stereocenters. The van der Waals surface area contributed by atoms with Gasteiger partial charge in [0.1, 0.15) is 5.60 Å². The number of hydrogen-bond donors (Lipinski definition) is 1. The predicted octanol–water partition coefficient (Wildman–Crippen LogP) is 4.86. The normalized spacial score (nSPS) is 19.8. The van der Waals surface area contributed by atoms with E-state index in [1.54, 1.807) is 7.11 Å². The molecule has 232 valence electrons. The van der Waals surface area contributed by atoms with Gasteiger partial charge < -0.3 is 24.4 Å². The molecule has 4 heterocycles. The lowest BCUT2D eigenvalue weighted by Crippen LogP contribution is -2.51. The first-order chi connectivity index (χ1) is 20.8. The molecule has 2 saturated heterocycles. The van der Waals surface area contributed by atoms with E-state index in [1.165, 1.54) is 12.8 Å². The minimum absolute atomic E-state index is 0.0817. The second-order valence-electron chi connectivity index (χ2n) is 13.4. The molecular formula is C34H48N6O3. The lowest BCUT2D eigenvalue weighted by atomic mass is 9.85. The van der Waals surface area contributed by atoms with E-state index in [2.05, 4.69) is 53.0 Å². The van der Waals surface area contributed by atoms with Crippen molar-refractivity contribution in [2.75, 3.05) is 64.5 Å². The van der Waals surface area contributed by atoms with Crippen molar-refractivity contribution in [2.45, 2.75) is 70.4 Å². The molecule has 3 aliphatic rings. The number of nitrogens with one attached hydrogen (secondary N) is 1. The highest BCUT2D eigenvalue weighted by atomic mass is 16.5. The van der Waals surface area contributed by atoms with E-state index in [-0.39, 0.29) is 11.1 Å². The zero-order valence-corrected chi connectivity index (χ0v) is 26.4. The van der Waals surface area contributed by atoms with Crippen LogP contribution in [0.3, 0.4) is 0 Å². The van der Waals surface area contributed by atoms with E-state index in [0.29, 0.717) is 6.42 Å². The monoisotopic (exact) mass is 588 g/mol. The highest BCUT2D eigenvalue weighted by molar-refractivity contribution is 5.96. The number of benzene rings is 1. The number of ether oxygens (including phenoxy) is 3. The molecule has 0 radical (unpaired) electrons. The topological polar surface area (TPSA) is 84.9 Å². The van der Waals surface area contributed by atoms with Crippen molar-refractivity contribution >= 4 is 16.6 Å². The summed E-state index contributed by atoms with van der Waals surface area (Å²) >= 11 is 0. The van der Waals surface area contributed by atoms with Crippen LogP contribution in [0.4, 0.5) is 5.82 Å². The number of nitrogens with zero attached hydrogens (tertiary/aromatic N) is 5. The molecule has 0 bridgehead atoms. The molecule has 1 saturated carbocycles. The number of piperazine rings is 1. The molecule has 9 heteroatoms. The van der Waals surface area contributed by atoms with E-state index in [4.69, 9.17) is 24.4 Å². The first-order valence-electron chi connectivity index (χ1n) is 16.1. The lowest BCUT2D eigenvalue weighted by Gasteiger charge is -2.43. The summed E-state index contributed by atoms with van der Waals surface area (Å²) in [5.74, 6) is 3.19. The van der Waals surface area contributed by atoms with Crippen molar-refractivity contribution in [1.29, 1.82) is 0 Å². The van der Waals surface area contributed by atoms with Gasteiger partial charge >= 0.3 is 0 Å². The van der Waals surface area contributed by atoms with Gasteiger partial charge in [0, 0.05) is 74.4 Å². The maximum Gasteiger partial charge on any atom is 0.162 e. The van der Waals surface area contributed by atoms with Crippen LogP contribution in [0, 0.1) is 5.92 Å². The minimum atomic E-state index is -0.304. The molecule has 6 rings (SSSR count). The van der Waals surface area contributed by atoms with E-state index in [0.717, 1.165) is 117 Å². The van der Waals surface area contributed by atoms with Crippen LogP contribution < -0.4 is 19.7 Å². The molecule has 0 amide bonds. The molecule has 43 heavy (non-hydrogen) atoms. The number of fused-ring (bicyclic) bond motifs is 1. The summed E-state index contributed by atoms with van der Waals surface area (Å²) in [6, 6.07) is 8.37. The first kappa shape index (κ1) is 30.0. The Morgan fingerprint density at radius 2 is 1.65 bits per heavy atom. The third kappa shape index (κ3) is 7.21. The zero-order chi connectivity index (χ0) is 29.9. The van der Waals surface area contributed by atoms with Crippen LogP contribution >= 0.6 is 0 Å². The smallest absolute Gasteiger partial charge is 0.162 e.